The highest BCUT2D eigenvalue weighted by Crippen LogP contribution is 2.21. The van der Waals surface area contributed by atoms with Gasteiger partial charge in [-0.15, -0.1) is 0 Å². The zero-order valence-corrected chi connectivity index (χ0v) is 18.9. The molecule has 0 aliphatic rings. The number of aromatic nitrogens is 2. The summed E-state index contributed by atoms with van der Waals surface area (Å²) >= 11 is 0. The number of para-hydroxylation sites is 2. The highest BCUT2D eigenvalue weighted by atomic mass is 16.5. The molecule has 5 nitrogen and oxygen atoms in total. The molecule has 1 heterocycles. The Hall–Kier alpha value is -3.08. The van der Waals surface area contributed by atoms with Gasteiger partial charge in [0.1, 0.15) is 18.2 Å². The zero-order chi connectivity index (χ0) is 22.2. The third-order valence-electron chi connectivity index (χ3n) is 5.40. The molecule has 0 unspecified atom stereocenters. The Balaban J connectivity index is 1.57. The molecule has 0 fully saturated rings. The van der Waals surface area contributed by atoms with Crippen LogP contribution < -0.4 is 10.1 Å². The van der Waals surface area contributed by atoms with Crippen LogP contribution in [-0.2, 0) is 17.8 Å². The van der Waals surface area contributed by atoms with E-state index in [2.05, 4.69) is 66.7 Å². The van der Waals surface area contributed by atoms with E-state index < -0.39 is 0 Å². The number of aryl methyl sites for hydroxylation is 3. The Morgan fingerprint density at radius 3 is 2.74 bits per heavy atom. The maximum absolute atomic E-state index is 11.5. The second-order valence-electron chi connectivity index (χ2n) is 8.13. The number of carbonyl (C=O) groups excluding carboxylic acids is 1. The third kappa shape index (κ3) is 6.20. The van der Waals surface area contributed by atoms with Gasteiger partial charge >= 0.3 is 0 Å². The van der Waals surface area contributed by atoms with Gasteiger partial charge in [0, 0.05) is 18.5 Å². The predicted octanol–water partition coefficient (Wildman–Crippen LogP) is 5.14. The van der Waals surface area contributed by atoms with Crippen LogP contribution in [0, 0.1) is 13.8 Å². The van der Waals surface area contributed by atoms with Crippen LogP contribution in [-0.4, -0.2) is 28.6 Å². The first kappa shape index (κ1) is 22.6. The molecule has 1 N–H and O–H groups in total. The Morgan fingerprint density at radius 1 is 1.13 bits per heavy atom. The lowest BCUT2D eigenvalue weighted by Crippen LogP contribution is -2.24. The van der Waals surface area contributed by atoms with Crippen LogP contribution >= 0.6 is 0 Å². The van der Waals surface area contributed by atoms with Gasteiger partial charge in [0.2, 0.25) is 5.91 Å². The Labute approximate surface area is 185 Å². The van der Waals surface area contributed by atoms with Crippen molar-refractivity contribution in [1.82, 2.24) is 14.9 Å². The molecule has 0 spiro atoms. The van der Waals surface area contributed by atoms with Gasteiger partial charge in [-0.25, -0.2) is 4.98 Å². The second-order valence-corrected chi connectivity index (χ2v) is 8.13. The molecule has 31 heavy (non-hydrogen) atoms. The number of fused-ring (bicyclic) bond motifs is 1. The van der Waals surface area contributed by atoms with Crippen molar-refractivity contribution >= 4 is 16.9 Å². The van der Waals surface area contributed by atoms with Crippen molar-refractivity contribution in [2.24, 2.45) is 0 Å². The van der Waals surface area contributed by atoms with E-state index in [1.54, 1.807) is 6.92 Å². The maximum Gasteiger partial charge on any atom is 0.246 e. The van der Waals surface area contributed by atoms with Crippen molar-refractivity contribution in [3.05, 3.63) is 71.6 Å². The summed E-state index contributed by atoms with van der Waals surface area (Å²) in [6.45, 7) is 11.6. The van der Waals surface area contributed by atoms with Crippen molar-refractivity contribution in [2.75, 3.05) is 13.2 Å². The molecule has 0 saturated carbocycles. The molecule has 0 bridgehead atoms. The summed E-state index contributed by atoms with van der Waals surface area (Å²) in [5.74, 6) is 1.98. The molecule has 2 aromatic carbocycles. The molecule has 164 valence electrons. The van der Waals surface area contributed by atoms with Gasteiger partial charge in [-0.2, -0.15) is 0 Å². The van der Waals surface area contributed by atoms with Gasteiger partial charge in [-0.05, 0) is 62.9 Å². The molecule has 5 heteroatoms. The lowest BCUT2D eigenvalue weighted by atomic mass is 10.1. The normalized spacial score (nSPS) is 10.9. The SMILES string of the molecule is C=C(C)C(=O)NCCCCCc1nc2ccccc2n1CCOc1cc(C)ccc1C. The van der Waals surface area contributed by atoms with Crippen molar-refractivity contribution < 1.29 is 9.53 Å². The van der Waals surface area contributed by atoms with Gasteiger partial charge in [-0.1, -0.05) is 37.3 Å². The summed E-state index contributed by atoms with van der Waals surface area (Å²) in [7, 11) is 0. The van der Waals surface area contributed by atoms with E-state index in [0.717, 1.165) is 60.4 Å². The smallest absolute Gasteiger partial charge is 0.246 e. The molecule has 0 saturated heterocycles. The molecule has 0 aliphatic carbocycles. The van der Waals surface area contributed by atoms with Gasteiger partial charge in [0.25, 0.3) is 0 Å². The first-order valence-corrected chi connectivity index (χ1v) is 11.0. The number of amides is 1. The monoisotopic (exact) mass is 419 g/mol. The van der Waals surface area contributed by atoms with Gasteiger partial charge in [0.15, 0.2) is 0 Å². The first-order chi connectivity index (χ1) is 15.0. The second kappa shape index (κ2) is 10.8. The lowest BCUT2D eigenvalue weighted by Gasteiger charge is -2.13. The molecule has 3 aromatic rings. The molecule has 1 amide bonds. The van der Waals surface area contributed by atoms with Gasteiger partial charge in [0.05, 0.1) is 17.6 Å². The van der Waals surface area contributed by atoms with E-state index in [0.29, 0.717) is 18.7 Å². The topological polar surface area (TPSA) is 56.2 Å². The summed E-state index contributed by atoms with van der Waals surface area (Å²) in [5, 5.41) is 2.89. The summed E-state index contributed by atoms with van der Waals surface area (Å²) in [4.78, 5) is 16.4. The van der Waals surface area contributed by atoms with Crippen LogP contribution in [0.25, 0.3) is 11.0 Å². The van der Waals surface area contributed by atoms with E-state index in [9.17, 15) is 4.79 Å². The lowest BCUT2D eigenvalue weighted by molar-refractivity contribution is -0.117. The van der Waals surface area contributed by atoms with E-state index >= 15 is 0 Å². The number of nitrogens with zero attached hydrogens (tertiary/aromatic N) is 2. The standard InChI is InChI=1S/C26H33N3O2/c1-19(2)26(30)27-15-9-5-6-12-25-28-22-10-7-8-11-23(22)29(25)16-17-31-24-18-20(3)13-14-21(24)4/h7-8,10-11,13-14,18H,1,5-6,9,12,15-17H2,2-4H3,(H,27,30). The van der Waals surface area contributed by atoms with Gasteiger partial charge < -0.3 is 14.6 Å². The Morgan fingerprint density at radius 2 is 1.94 bits per heavy atom. The van der Waals surface area contributed by atoms with Crippen LogP contribution in [0.15, 0.2) is 54.6 Å². The molecule has 1 aromatic heterocycles. The fourth-order valence-electron chi connectivity index (χ4n) is 3.61. The third-order valence-corrected chi connectivity index (χ3v) is 5.40. The van der Waals surface area contributed by atoms with Crippen LogP contribution in [0.1, 0.15) is 43.1 Å². The van der Waals surface area contributed by atoms with Crippen molar-refractivity contribution in [1.29, 1.82) is 0 Å². The highest BCUT2D eigenvalue weighted by Gasteiger charge is 2.11. The molecular formula is C26H33N3O2. The van der Waals surface area contributed by atoms with Crippen LogP contribution in [0.2, 0.25) is 0 Å². The van der Waals surface area contributed by atoms with Crippen LogP contribution in [0.3, 0.4) is 0 Å². The predicted molar refractivity (Wildman–Crippen MR) is 127 cm³/mol. The van der Waals surface area contributed by atoms with Crippen molar-refractivity contribution in [3.8, 4) is 5.75 Å². The van der Waals surface area contributed by atoms with Crippen LogP contribution in [0.5, 0.6) is 5.75 Å². The molecule has 0 aliphatic heterocycles. The summed E-state index contributed by atoms with van der Waals surface area (Å²) in [6.07, 6.45) is 3.93. The fraction of sp³-hybridized carbons (Fsp3) is 0.385. The number of nitrogens with one attached hydrogen (secondary N) is 1. The molecule has 0 atom stereocenters. The van der Waals surface area contributed by atoms with E-state index in [4.69, 9.17) is 9.72 Å². The average Bonchev–Trinajstić information content (AvgIpc) is 3.10. The molecule has 0 radical (unpaired) electrons. The number of hydrogen-bond acceptors (Lipinski definition) is 3. The minimum absolute atomic E-state index is 0.0642. The van der Waals surface area contributed by atoms with Crippen LogP contribution in [0.4, 0.5) is 0 Å². The summed E-state index contributed by atoms with van der Waals surface area (Å²) in [5.41, 5.74) is 5.08. The minimum Gasteiger partial charge on any atom is -0.491 e. The summed E-state index contributed by atoms with van der Waals surface area (Å²) in [6, 6.07) is 14.6. The maximum atomic E-state index is 11.5. The molecular weight excluding hydrogens is 386 g/mol. The fourth-order valence-corrected chi connectivity index (χ4v) is 3.61. The molecule has 3 rings (SSSR count). The largest absolute Gasteiger partial charge is 0.491 e. The highest BCUT2D eigenvalue weighted by molar-refractivity contribution is 5.92. The number of carbonyl (C=O) groups is 1. The Bertz CT molecular complexity index is 1050. The number of unbranched alkanes of at least 4 members (excludes halogenated alkanes) is 2. The number of ether oxygens (including phenoxy) is 1. The first-order valence-electron chi connectivity index (χ1n) is 11.0. The summed E-state index contributed by atoms with van der Waals surface area (Å²) < 4.78 is 8.38. The van der Waals surface area contributed by atoms with Crippen molar-refractivity contribution in [3.63, 3.8) is 0 Å². The number of benzene rings is 2. The quantitative estimate of drug-likeness (QED) is 0.346. The van der Waals surface area contributed by atoms with E-state index in [1.807, 2.05) is 6.07 Å². The van der Waals surface area contributed by atoms with E-state index in [1.165, 1.54) is 5.56 Å². The minimum atomic E-state index is -0.0642. The van der Waals surface area contributed by atoms with Crippen molar-refractivity contribution in [2.45, 2.75) is 53.0 Å². The number of hydrogen-bond donors (Lipinski definition) is 1. The van der Waals surface area contributed by atoms with Gasteiger partial charge in [-0.3, -0.25) is 4.79 Å². The average molecular weight is 420 g/mol. The zero-order valence-electron chi connectivity index (χ0n) is 18.9. The number of rotatable bonds is 11. The number of imidazole rings is 1. The Kier molecular flexibility index (Phi) is 7.88. The van der Waals surface area contributed by atoms with E-state index in [-0.39, 0.29) is 5.91 Å².